The van der Waals surface area contributed by atoms with Crippen molar-refractivity contribution in [1.29, 1.82) is 0 Å². The first-order valence-electron chi connectivity index (χ1n) is 8.83. The van der Waals surface area contributed by atoms with Crippen molar-refractivity contribution in [2.75, 3.05) is 11.3 Å². The van der Waals surface area contributed by atoms with E-state index in [2.05, 4.69) is 16.6 Å². The second-order valence-electron chi connectivity index (χ2n) is 6.04. The van der Waals surface area contributed by atoms with E-state index in [-0.39, 0.29) is 22.7 Å². The summed E-state index contributed by atoms with van der Waals surface area (Å²) in [6.45, 7) is 3.83. The molecule has 148 valence electrons. The fraction of sp³-hybridized carbons (Fsp3) is 0.0455. The molecular weight excluding hydrogens is 388 g/mol. The summed E-state index contributed by atoms with van der Waals surface area (Å²) in [7, 11) is -3.89. The minimum Gasteiger partial charge on any atom is -0.457 e. The van der Waals surface area contributed by atoms with Crippen LogP contribution in [0.25, 0.3) is 0 Å². The van der Waals surface area contributed by atoms with Crippen molar-refractivity contribution >= 4 is 21.6 Å². The first kappa shape index (κ1) is 20.2. The lowest BCUT2D eigenvalue weighted by atomic mass is 10.1. The molecule has 0 bridgehead atoms. The molecule has 3 aromatic rings. The number of carbonyl (C=O) groups excluding carboxylic acids is 1. The van der Waals surface area contributed by atoms with E-state index in [4.69, 9.17) is 4.74 Å². The van der Waals surface area contributed by atoms with Gasteiger partial charge in [-0.2, -0.15) is 0 Å². The maximum Gasteiger partial charge on any atom is 0.261 e. The first-order valence-corrected chi connectivity index (χ1v) is 10.3. The fourth-order valence-corrected chi connectivity index (χ4v) is 3.63. The molecule has 0 unspecified atom stereocenters. The second kappa shape index (κ2) is 9.07. The minimum atomic E-state index is -3.89. The van der Waals surface area contributed by atoms with Crippen LogP contribution in [0.3, 0.4) is 0 Å². The third-order valence-electron chi connectivity index (χ3n) is 3.94. The van der Waals surface area contributed by atoms with Gasteiger partial charge in [-0.25, -0.2) is 8.42 Å². The number of hydrogen-bond donors (Lipinski definition) is 2. The van der Waals surface area contributed by atoms with Crippen molar-refractivity contribution in [3.05, 3.63) is 97.1 Å². The smallest absolute Gasteiger partial charge is 0.261 e. The Morgan fingerprint density at radius 2 is 1.52 bits per heavy atom. The molecule has 6 nitrogen and oxygen atoms in total. The Kier molecular flexibility index (Phi) is 6.31. The predicted octanol–water partition coefficient (Wildman–Crippen LogP) is 4.20. The summed E-state index contributed by atoms with van der Waals surface area (Å²) in [4.78, 5) is 12.3. The number of ether oxygens (including phenoxy) is 1. The Bertz CT molecular complexity index is 1100. The van der Waals surface area contributed by atoms with Crippen molar-refractivity contribution in [1.82, 2.24) is 5.32 Å². The normalized spacial score (nSPS) is 10.8. The average Bonchev–Trinajstić information content (AvgIpc) is 2.73. The van der Waals surface area contributed by atoms with Gasteiger partial charge in [-0.1, -0.05) is 36.4 Å². The summed E-state index contributed by atoms with van der Waals surface area (Å²) < 4.78 is 33.7. The quantitative estimate of drug-likeness (QED) is 0.547. The zero-order valence-corrected chi connectivity index (χ0v) is 16.4. The van der Waals surface area contributed by atoms with Gasteiger partial charge < -0.3 is 10.1 Å². The molecule has 0 aromatic heterocycles. The molecule has 1 amide bonds. The molecule has 0 fully saturated rings. The molecule has 0 atom stereocenters. The third kappa shape index (κ3) is 5.24. The highest BCUT2D eigenvalue weighted by molar-refractivity contribution is 7.92. The molecule has 0 heterocycles. The van der Waals surface area contributed by atoms with Crippen molar-refractivity contribution in [3.8, 4) is 11.5 Å². The molecule has 7 heteroatoms. The highest BCUT2D eigenvalue weighted by atomic mass is 32.2. The van der Waals surface area contributed by atoms with Crippen molar-refractivity contribution in [3.63, 3.8) is 0 Å². The maximum absolute atomic E-state index is 12.8. The second-order valence-corrected chi connectivity index (χ2v) is 7.72. The lowest BCUT2D eigenvalue weighted by Gasteiger charge is -2.13. The zero-order valence-electron chi connectivity index (χ0n) is 15.5. The number of nitrogens with one attached hydrogen (secondary N) is 2. The minimum absolute atomic E-state index is 0.0548. The lowest BCUT2D eigenvalue weighted by Crippen LogP contribution is -2.25. The van der Waals surface area contributed by atoms with E-state index in [1.807, 2.05) is 18.2 Å². The van der Waals surface area contributed by atoms with Gasteiger partial charge in [-0.05, 0) is 48.5 Å². The van der Waals surface area contributed by atoms with Gasteiger partial charge in [0.25, 0.3) is 15.9 Å². The van der Waals surface area contributed by atoms with E-state index in [1.165, 1.54) is 18.2 Å². The number of rotatable bonds is 8. The topological polar surface area (TPSA) is 84.5 Å². The highest BCUT2D eigenvalue weighted by Crippen LogP contribution is 2.24. The summed E-state index contributed by atoms with van der Waals surface area (Å²) in [6, 6.07) is 21.6. The number of sulfonamides is 1. The Morgan fingerprint density at radius 1 is 0.897 bits per heavy atom. The maximum atomic E-state index is 12.8. The molecule has 29 heavy (non-hydrogen) atoms. The largest absolute Gasteiger partial charge is 0.457 e. The molecule has 0 spiro atoms. The van der Waals surface area contributed by atoms with Crippen LogP contribution in [0.2, 0.25) is 0 Å². The van der Waals surface area contributed by atoms with Gasteiger partial charge in [0.15, 0.2) is 0 Å². The molecular formula is C22H20N2O4S. The number of amides is 1. The monoisotopic (exact) mass is 408 g/mol. The standard InChI is InChI=1S/C22H20N2O4S/c1-2-16-23-22(25)20-10-6-7-11-21(20)24-29(26,27)19-14-12-18(13-15-19)28-17-8-4-3-5-9-17/h2-15,24H,1,16H2,(H,23,25). The molecule has 0 aliphatic heterocycles. The summed E-state index contributed by atoms with van der Waals surface area (Å²) in [6.07, 6.45) is 1.55. The molecule has 0 saturated heterocycles. The van der Waals surface area contributed by atoms with E-state index >= 15 is 0 Å². The fourth-order valence-electron chi connectivity index (χ4n) is 2.55. The van der Waals surface area contributed by atoms with Crippen LogP contribution in [-0.2, 0) is 10.0 Å². The van der Waals surface area contributed by atoms with E-state index in [0.29, 0.717) is 11.5 Å². The summed E-state index contributed by atoms with van der Waals surface area (Å²) in [5.41, 5.74) is 0.417. The van der Waals surface area contributed by atoms with Crippen LogP contribution in [0.15, 0.2) is 96.4 Å². The number of anilines is 1. The Morgan fingerprint density at radius 3 is 2.21 bits per heavy atom. The lowest BCUT2D eigenvalue weighted by molar-refractivity contribution is 0.0959. The van der Waals surface area contributed by atoms with Gasteiger partial charge in [-0.3, -0.25) is 9.52 Å². The van der Waals surface area contributed by atoms with Crippen LogP contribution < -0.4 is 14.8 Å². The van der Waals surface area contributed by atoms with Gasteiger partial charge in [0.2, 0.25) is 0 Å². The van der Waals surface area contributed by atoms with Crippen molar-refractivity contribution in [2.45, 2.75) is 4.90 Å². The molecule has 0 saturated carbocycles. The average molecular weight is 408 g/mol. The van der Waals surface area contributed by atoms with Gasteiger partial charge in [0, 0.05) is 6.54 Å². The Hall–Kier alpha value is -3.58. The number of para-hydroxylation sites is 2. The van der Waals surface area contributed by atoms with Crippen LogP contribution >= 0.6 is 0 Å². The number of benzene rings is 3. The Labute approximate surface area is 169 Å². The number of carbonyl (C=O) groups is 1. The van der Waals surface area contributed by atoms with E-state index < -0.39 is 15.9 Å². The van der Waals surface area contributed by atoms with Gasteiger partial charge >= 0.3 is 0 Å². The summed E-state index contributed by atoms with van der Waals surface area (Å²) >= 11 is 0. The molecule has 3 aromatic carbocycles. The van der Waals surface area contributed by atoms with E-state index in [0.717, 1.165) is 0 Å². The van der Waals surface area contributed by atoms with Crippen LogP contribution in [0, 0.1) is 0 Å². The van der Waals surface area contributed by atoms with Crippen LogP contribution in [0.5, 0.6) is 11.5 Å². The molecule has 3 rings (SSSR count). The molecule has 0 aliphatic rings. The SMILES string of the molecule is C=CCNC(=O)c1ccccc1NS(=O)(=O)c1ccc(Oc2ccccc2)cc1. The van der Waals surface area contributed by atoms with Crippen molar-refractivity contribution in [2.24, 2.45) is 0 Å². The molecule has 0 aliphatic carbocycles. The van der Waals surface area contributed by atoms with Crippen LogP contribution in [-0.4, -0.2) is 20.9 Å². The van der Waals surface area contributed by atoms with Gasteiger partial charge in [-0.15, -0.1) is 6.58 Å². The van der Waals surface area contributed by atoms with Crippen molar-refractivity contribution < 1.29 is 17.9 Å². The van der Waals surface area contributed by atoms with E-state index in [9.17, 15) is 13.2 Å². The number of hydrogen-bond acceptors (Lipinski definition) is 4. The summed E-state index contributed by atoms with van der Waals surface area (Å²) in [5, 5.41) is 2.64. The highest BCUT2D eigenvalue weighted by Gasteiger charge is 2.18. The zero-order chi connectivity index (χ0) is 20.7. The third-order valence-corrected chi connectivity index (χ3v) is 5.32. The van der Waals surface area contributed by atoms with Gasteiger partial charge in [0.05, 0.1) is 16.1 Å². The van der Waals surface area contributed by atoms with Crippen LogP contribution in [0.4, 0.5) is 5.69 Å². The predicted molar refractivity (Wildman–Crippen MR) is 113 cm³/mol. The molecule has 0 radical (unpaired) electrons. The van der Waals surface area contributed by atoms with E-state index in [1.54, 1.807) is 48.5 Å². The molecule has 2 N–H and O–H groups in total. The summed E-state index contributed by atoms with van der Waals surface area (Å²) in [5.74, 6) is 0.773. The van der Waals surface area contributed by atoms with Crippen LogP contribution in [0.1, 0.15) is 10.4 Å². The Balaban J connectivity index is 1.78. The van der Waals surface area contributed by atoms with Gasteiger partial charge in [0.1, 0.15) is 11.5 Å². The first-order chi connectivity index (χ1) is 14.0.